The Labute approximate surface area is 120 Å². The van der Waals surface area contributed by atoms with Crippen LogP contribution in [0.25, 0.3) is 0 Å². The van der Waals surface area contributed by atoms with Crippen LogP contribution in [0.3, 0.4) is 0 Å². The zero-order valence-corrected chi connectivity index (χ0v) is 11.9. The third-order valence-electron chi connectivity index (χ3n) is 4.26. The van der Waals surface area contributed by atoms with E-state index in [4.69, 9.17) is 4.84 Å². The molecule has 0 amide bonds. The van der Waals surface area contributed by atoms with E-state index in [-0.39, 0.29) is 17.9 Å². The molecule has 0 unspecified atom stereocenters. The summed E-state index contributed by atoms with van der Waals surface area (Å²) in [7, 11) is 0. The van der Waals surface area contributed by atoms with Crippen LogP contribution in [0.2, 0.25) is 0 Å². The molecule has 0 aromatic heterocycles. The monoisotopic (exact) mass is 271 g/mol. The van der Waals surface area contributed by atoms with Gasteiger partial charge in [-0.2, -0.15) is 5.06 Å². The molecule has 1 saturated carbocycles. The number of carbonyl (C=O) groups is 1. The van der Waals surface area contributed by atoms with Crippen LogP contribution in [0.5, 0.6) is 0 Å². The molecule has 2 aliphatic rings. The second-order valence-electron chi connectivity index (χ2n) is 5.63. The van der Waals surface area contributed by atoms with Crippen LogP contribution in [0, 0.1) is 5.92 Å². The van der Waals surface area contributed by atoms with E-state index in [9.17, 15) is 4.79 Å². The summed E-state index contributed by atoms with van der Waals surface area (Å²) >= 11 is 0. The van der Waals surface area contributed by atoms with Crippen LogP contribution >= 0.6 is 0 Å². The van der Waals surface area contributed by atoms with Crippen molar-refractivity contribution in [2.24, 2.45) is 5.92 Å². The predicted octanol–water partition coefficient (Wildman–Crippen LogP) is 3.12. The summed E-state index contributed by atoms with van der Waals surface area (Å²) < 4.78 is 0. The lowest BCUT2D eigenvalue weighted by atomic mass is 9.81. The van der Waals surface area contributed by atoms with E-state index in [0.29, 0.717) is 12.3 Å². The van der Waals surface area contributed by atoms with Crippen molar-refractivity contribution in [1.82, 2.24) is 5.06 Å². The molecular weight excluding hydrogens is 250 g/mol. The van der Waals surface area contributed by atoms with Gasteiger partial charge in [-0.1, -0.05) is 42.5 Å². The summed E-state index contributed by atoms with van der Waals surface area (Å²) in [6.07, 6.45) is 6.75. The summed E-state index contributed by atoms with van der Waals surface area (Å²) in [5, 5.41) is 1.99. The number of nitrogens with zero attached hydrogens (tertiary/aromatic N) is 1. The number of Topliss-reactive ketones (excluding diaryl/α,β-unsaturated/α-hetero) is 1. The first kappa shape index (κ1) is 13.5. The normalized spacial score (nSPS) is 30.9. The number of allylic oxidation sites excluding steroid dienone is 1. The van der Waals surface area contributed by atoms with Crippen LogP contribution < -0.4 is 0 Å². The second kappa shape index (κ2) is 5.90. The second-order valence-corrected chi connectivity index (χ2v) is 5.63. The lowest BCUT2D eigenvalue weighted by Crippen LogP contribution is -2.34. The number of rotatable bonds is 3. The number of hydrogen-bond acceptors (Lipinski definition) is 3. The molecule has 1 aliphatic carbocycles. The Morgan fingerprint density at radius 2 is 2.15 bits per heavy atom. The standard InChI is InChI=1S/C17H21NO2/c1-2-7-15-14-10-6-11-16(19)17(14)20-18(15)12-13-8-4-3-5-9-13/h2-5,7-9,14-15,17H,6,10-12H2,1H3/b7-2+/t14-,15+,17+/m1/s1. The van der Waals surface area contributed by atoms with E-state index >= 15 is 0 Å². The van der Waals surface area contributed by atoms with Gasteiger partial charge in [0.2, 0.25) is 0 Å². The molecule has 106 valence electrons. The summed E-state index contributed by atoms with van der Waals surface area (Å²) in [4.78, 5) is 18.0. The summed E-state index contributed by atoms with van der Waals surface area (Å²) in [6, 6.07) is 10.5. The zero-order valence-electron chi connectivity index (χ0n) is 11.9. The van der Waals surface area contributed by atoms with Crippen LogP contribution in [0.1, 0.15) is 31.7 Å². The lowest BCUT2D eigenvalue weighted by molar-refractivity contribution is -0.175. The van der Waals surface area contributed by atoms with E-state index in [2.05, 4.69) is 24.3 Å². The first-order valence-electron chi connectivity index (χ1n) is 7.42. The Morgan fingerprint density at radius 1 is 1.35 bits per heavy atom. The number of ketones is 1. The van der Waals surface area contributed by atoms with Gasteiger partial charge in [0.15, 0.2) is 5.78 Å². The summed E-state index contributed by atoms with van der Waals surface area (Å²) in [5.41, 5.74) is 1.22. The van der Waals surface area contributed by atoms with Gasteiger partial charge in [0, 0.05) is 18.9 Å². The number of benzene rings is 1. The first-order valence-corrected chi connectivity index (χ1v) is 7.42. The summed E-state index contributed by atoms with van der Waals surface area (Å²) in [6.45, 7) is 2.76. The van der Waals surface area contributed by atoms with Gasteiger partial charge >= 0.3 is 0 Å². The van der Waals surface area contributed by atoms with Crippen molar-refractivity contribution in [3.05, 3.63) is 48.0 Å². The van der Waals surface area contributed by atoms with Crippen molar-refractivity contribution in [1.29, 1.82) is 0 Å². The fourth-order valence-electron chi connectivity index (χ4n) is 3.30. The molecule has 1 aliphatic heterocycles. The minimum atomic E-state index is -0.228. The molecule has 2 fully saturated rings. The van der Waals surface area contributed by atoms with Gasteiger partial charge in [-0.3, -0.25) is 9.63 Å². The molecular formula is C17H21NO2. The largest absolute Gasteiger partial charge is 0.297 e. The third-order valence-corrected chi connectivity index (χ3v) is 4.26. The molecule has 1 saturated heterocycles. The van der Waals surface area contributed by atoms with Crippen molar-refractivity contribution in [2.45, 2.75) is 44.9 Å². The highest BCUT2D eigenvalue weighted by Gasteiger charge is 2.46. The molecule has 1 aromatic carbocycles. The molecule has 1 aromatic rings. The Morgan fingerprint density at radius 3 is 2.90 bits per heavy atom. The molecule has 0 N–H and O–H groups in total. The average Bonchev–Trinajstić information content (AvgIpc) is 2.80. The van der Waals surface area contributed by atoms with Crippen LogP contribution in [-0.4, -0.2) is 23.0 Å². The highest BCUT2D eigenvalue weighted by atomic mass is 16.7. The van der Waals surface area contributed by atoms with Crippen molar-refractivity contribution in [2.75, 3.05) is 0 Å². The average molecular weight is 271 g/mol. The maximum absolute atomic E-state index is 12.0. The summed E-state index contributed by atoms with van der Waals surface area (Å²) in [5.74, 6) is 0.586. The third kappa shape index (κ3) is 2.56. The number of fused-ring (bicyclic) bond motifs is 1. The zero-order chi connectivity index (χ0) is 13.9. The SMILES string of the molecule is C/C=C/[C@H]1[C@H]2CCCC(=O)[C@H]2ON1Cc1ccccc1. The van der Waals surface area contributed by atoms with E-state index in [0.717, 1.165) is 19.4 Å². The minimum Gasteiger partial charge on any atom is -0.297 e. The van der Waals surface area contributed by atoms with Crippen molar-refractivity contribution in [3.8, 4) is 0 Å². The highest BCUT2D eigenvalue weighted by Crippen LogP contribution is 2.37. The topological polar surface area (TPSA) is 29.5 Å². The first-order chi connectivity index (χ1) is 9.79. The molecule has 1 heterocycles. The van der Waals surface area contributed by atoms with Crippen LogP contribution in [-0.2, 0) is 16.2 Å². The fraction of sp³-hybridized carbons (Fsp3) is 0.471. The number of carbonyl (C=O) groups excluding carboxylic acids is 1. The molecule has 0 radical (unpaired) electrons. The fourth-order valence-corrected chi connectivity index (χ4v) is 3.30. The minimum absolute atomic E-state index is 0.217. The van der Waals surface area contributed by atoms with E-state index in [1.165, 1.54) is 5.56 Å². The molecule has 3 nitrogen and oxygen atoms in total. The smallest absolute Gasteiger partial charge is 0.164 e. The number of hydroxylamine groups is 2. The van der Waals surface area contributed by atoms with Crippen LogP contribution in [0.4, 0.5) is 0 Å². The van der Waals surface area contributed by atoms with Gasteiger partial charge in [-0.15, -0.1) is 0 Å². The Balaban J connectivity index is 1.80. The molecule has 0 bridgehead atoms. The van der Waals surface area contributed by atoms with Gasteiger partial charge in [-0.25, -0.2) is 0 Å². The van der Waals surface area contributed by atoms with Crippen molar-refractivity contribution < 1.29 is 9.63 Å². The molecule has 3 heteroatoms. The van der Waals surface area contributed by atoms with E-state index in [1.54, 1.807) is 0 Å². The van der Waals surface area contributed by atoms with Crippen molar-refractivity contribution >= 4 is 5.78 Å². The van der Waals surface area contributed by atoms with Gasteiger partial charge in [0.1, 0.15) is 6.10 Å². The molecule has 20 heavy (non-hydrogen) atoms. The quantitative estimate of drug-likeness (QED) is 0.791. The Kier molecular flexibility index (Phi) is 3.99. The van der Waals surface area contributed by atoms with Crippen LogP contribution in [0.15, 0.2) is 42.5 Å². The highest BCUT2D eigenvalue weighted by molar-refractivity contribution is 5.84. The molecule has 0 spiro atoms. The Bertz CT molecular complexity index is 497. The van der Waals surface area contributed by atoms with Gasteiger partial charge in [0.05, 0.1) is 6.04 Å². The van der Waals surface area contributed by atoms with Crippen molar-refractivity contribution in [3.63, 3.8) is 0 Å². The maximum Gasteiger partial charge on any atom is 0.164 e. The predicted molar refractivity (Wildman–Crippen MR) is 77.8 cm³/mol. The number of hydrogen-bond donors (Lipinski definition) is 0. The van der Waals surface area contributed by atoms with Gasteiger partial charge in [-0.05, 0) is 25.3 Å². The maximum atomic E-state index is 12.0. The Hall–Kier alpha value is -1.45. The van der Waals surface area contributed by atoms with E-state index < -0.39 is 0 Å². The lowest BCUT2D eigenvalue weighted by Gasteiger charge is -2.24. The van der Waals surface area contributed by atoms with E-state index in [1.807, 2.05) is 30.2 Å². The molecule has 3 rings (SSSR count). The molecule has 3 atom stereocenters. The van der Waals surface area contributed by atoms with Gasteiger partial charge in [0.25, 0.3) is 0 Å². The van der Waals surface area contributed by atoms with Gasteiger partial charge < -0.3 is 0 Å².